The molecule has 0 aliphatic rings. The molecule has 0 aliphatic heterocycles. The highest BCUT2D eigenvalue weighted by atomic mass is 19.1. The fourth-order valence-electron chi connectivity index (χ4n) is 2.99. The topological polar surface area (TPSA) is 20.2 Å². The van der Waals surface area contributed by atoms with Crippen LogP contribution in [0, 0.1) is 31.3 Å². The van der Waals surface area contributed by atoms with Gasteiger partial charge in [0.1, 0.15) is 23.2 Å². The Bertz CT molecular complexity index is 895. The third-order valence-corrected chi connectivity index (χ3v) is 4.91. The van der Waals surface area contributed by atoms with Gasteiger partial charge in [-0.3, -0.25) is 0 Å². The highest BCUT2D eigenvalue weighted by Crippen LogP contribution is 2.36. The second-order valence-corrected chi connectivity index (χ2v) is 7.44. The Morgan fingerprint density at radius 1 is 0.833 bits per heavy atom. The number of hydrogen-bond donors (Lipinski definition) is 1. The summed E-state index contributed by atoms with van der Waals surface area (Å²) in [5.41, 5.74) is 2.53. The summed E-state index contributed by atoms with van der Waals surface area (Å²) in [6, 6.07) is 6.43. The maximum atomic E-state index is 14.7. The fraction of sp³-hybridized carbons (Fsp3) is 0.385. The summed E-state index contributed by atoms with van der Waals surface area (Å²) in [5.74, 6) is -1.95. The van der Waals surface area contributed by atoms with Crippen molar-refractivity contribution in [2.75, 3.05) is 0 Å². The van der Waals surface area contributed by atoms with E-state index in [4.69, 9.17) is 0 Å². The van der Waals surface area contributed by atoms with Gasteiger partial charge in [-0.15, -0.1) is 0 Å². The lowest BCUT2D eigenvalue weighted by atomic mass is 9.87. The summed E-state index contributed by atoms with van der Waals surface area (Å²) in [4.78, 5) is 0. The first kappa shape index (κ1) is 25.5. The first-order valence-electron chi connectivity index (χ1n) is 10.5. The zero-order chi connectivity index (χ0) is 22.8. The molecule has 0 saturated heterocycles. The molecule has 0 spiro atoms. The normalized spacial score (nSPS) is 11.5. The van der Waals surface area contributed by atoms with Crippen molar-refractivity contribution in [3.05, 3.63) is 87.9 Å². The highest BCUT2D eigenvalue weighted by molar-refractivity contribution is 5.85. The number of rotatable bonds is 7. The number of allylic oxidation sites excluding steroid dienone is 1. The number of halogens is 3. The van der Waals surface area contributed by atoms with E-state index >= 15 is 0 Å². The van der Waals surface area contributed by atoms with Gasteiger partial charge in [-0.2, -0.15) is 0 Å². The highest BCUT2D eigenvalue weighted by Gasteiger charge is 2.20. The van der Waals surface area contributed by atoms with Crippen molar-refractivity contribution < 1.29 is 18.3 Å². The molecule has 2 rings (SSSR count). The van der Waals surface area contributed by atoms with E-state index in [1.165, 1.54) is 31.0 Å². The Morgan fingerprint density at radius 3 is 1.97 bits per heavy atom. The summed E-state index contributed by atoms with van der Waals surface area (Å²) in [7, 11) is 0. The van der Waals surface area contributed by atoms with Crippen molar-refractivity contribution in [2.24, 2.45) is 0 Å². The minimum absolute atomic E-state index is 0.167. The molecule has 4 heteroatoms. The first-order valence-corrected chi connectivity index (χ1v) is 10.5. The molecule has 0 aliphatic carbocycles. The van der Waals surface area contributed by atoms with E-state index in [0.717, 1.165) is 18.9 Å². The molecule has 0 fully saturated rings. The molecule has 0 heterocycles. The number of unbranched alkanes of at least 4 members (excludes halogenated alkanes) is 2. The molecule has 1 N–H and O–H groups in total. The van der Waals surface area contributed by atoms with Crippen molar-refractivity contribution in [3.8, 4) is 0 Å². The van der Waals surface area contributed by atoms with Gasteiger partial charge < -0.3 is 5.11 Å². The number of aliphatic hydroxyl groups excluding tert-OH is 1. The van der Waals surface area contributed by atoms with Gasteiger partial charge in [0.2, 0.25) is 0 Å². The standard InChI is InChI=1S/C22H23F3O.C4H10/c1-5-6-7-18(15(4)26)22(17-9-8-16(23)10-13(17)2)19-11-14(3)20(24)12-21(19)25;1-3-4-2/h8-12,26H,4-7H2,1-3H3;3-4H2,1-2H3/b22-18-;. The van der Waals surface area contributed by atoms with Crippen LogP contribution in [0.4, 0.5) is 13.2 Å². The largest absolute Gasteiger partial charge is 0.508 e. The third-order valence-electron chi connectivity index (χ3n) is 4.91. The lowest BCUT2D eigenvalue weighted by Crippen LogP contribution is -2.03. The Hall–Kier alpha value is -2.49. The van der Waals surface area contributed by atoms with E-state index in [1.54, 1.807) is 19.9 Å². The van der Waals surface area contributed by atoms with Gasteiger partial charge in [-0.05, 0) is 67.2 Å². The van der Waals surface area contributed by atoms with E-state index < -0.39 is 17.5 Å². The molecule has 0 amide bonds. The van der Waals surface area contributed by atoms with Gasteiger partial charge >= 0.3 is 0 Å². The molecule has 0 atom stereocenters. The van der Waals surface area contributed by atoms with Crippen LogP contribution in [0.5, 0.6) is 0 Å². The minimum atomic E-state index is -0.734. The van der Waals surface area contributed by atoms with E-state index in [1.807, 2.05) is 6.92 Å². The van der Waals surface area contributed by atoms with Crippen LogP contribution < -0.4 is 0 Å². The lowest BCUT2D eigenvalue weighted by molar-refractivity contribution is 0.421. The van der Waals surface area contributed by atoms with Crippen LogP contribution >= 0.6 is 0 Å². The molecule has 164 valence electrons. The van der Waals surface area contributed by atoms with Crippen LogP contribution in [0.25, 0.3) is 5.57 Å². The summed E-state index contributed by atoms with van der Waals surface area (Å²) in [6.07, 6.45) is 4.76. The van der Waals surface area contributed by atoms with Crippen LogP contribution in [-0.4, -0.2) is 5.11 Å². The second-order valence-electron chi connectivity index (χ2n) is 7.44. The maximum Gasteiger partial charge on any atom is 0.133 e. The molecule has 0 bridgehead atoms. The van der Waals surface area contributed by atoms with Crippen LogP contribution in [0.3, 0.4) is 0 Å². The average Bonchev–Trinajstić information content (AvgIpc) is 2.69. The summed E-state index contributed by atoms with van der Waals surface area (Å²) in [5, 5.41) is 10.2. The van der Waals surface area contributed by atoms with Crippen molar-refractivity contribution in [2.45, 2.75) is 66.7 Å². The van der Waals surface area contributed by atoms with E-state index in [9.17, 15) is 18.3 Å². The molecular weight excluding hydrogens is 385 g/mol. The number of benzene rings is 2. The Labute approximate surface area is 179 Å². The van der Waals surface area contributed by atoms with Gasteiger partial charge in [-0.25, -0.2) is 13.2 Å². The average molecular weight is 419 g/mol. The Balaban J connectivity index is 0.00000103. The quantitative estimate of drug-likeness (QED) is 0.352. The third kappa shape index (κ3) is 6.79. The zero-order valence-corrected chi connectivity index (χ0v) is 18.7. The first-order chi connectivity index (χ1) is 14.2. The van der Waals surface area contributed by atoms with E-state index in [2.05, 4.69) is 20.4 Å². The van der Waals surface area contributed by atoms with Gasteiger partial charge in [-0.1, -0.05) is 52.7 Å². The SMILES string of the molecule is C=C(O)/C(CCCC)=C(/c1ccc(F)cc1C)c1cc(C)c(F)cc1F.CCCC. The van der Waals surface area contributed by atoms with Gasteiger partial charge in [0.25, 0.3) is 0 Å². The number of aryl methyl sites for hydroxylation is 2. The predicted octanol–water partition coefficient (Wildman–Crippen LogP) is 8.59. The van der Waals surface area contributed by atoms with Crippen molar-refractivity contribution in [1.82, 2.24) is 0 Å². The van der Waals surface area contributed by atoms with Gasteiger partial charge in [0, 0.05) is 17.2 Å². The smallest absolute Gasteiger partial charge is 0.133 e. The molecule has 0 saturated carbocycles. The summed E-state index contributed by atoms with van der Waals surface area (Å²) >= 11 is 0. The van der Waals surface area contributed by atoms with Crippen molar-refractivity contribution in [1.29, 1.82) is 0 Å². The number of hydrogen-bond acceptors (Lipinski definition) is 1. The van der Waals surface area contributed by atoms with Crippen molar-refractivity contribution in [3.63, 3.8) is 0 Å². The number of aliphatic hydroxyl groups is 1. The molecule has 0 aromatic heterocycles. The second kappa shape index (κ2) is 12.3. The zero-order valence-electron chi connectivity index (χ0n) is 18.7. The Kier molecular flexibility index (Phi) is 10.4. The van der Waals surface area contributed by atoms with Crippen LogP contribution in [0.1, 0.15) is 75.1 Å². The maximum absolute atomic E-state index is 14.7. The van der Waals surface area contributed by atoms with Crippen LogP contribution in [0.15, 0.2) is 48.2 Å². The van der Waals surface area contributed by atoms with Crippen molar-refractivity contribution >= 4 is 5.57 Å². The van der Waals surface area contributed by atoms with Gasteiger partial charge in [0.05, 0.1) is 0 Å². The van der Waals surface area contributed by atoms with Crippen LogP contribution in [-0.2, 0) is 0 Å². The molecule has 2 aromatic carbocycles. The molecule has 0 unspecified atom stereocenters. The van der Waals surface area contributed by atoms with E-state index in [-0.39, 0.29) is 16.9 Å². The molecular formula is C26H33F3O. The lowest BCUT2D eigenvalue weighted by Gasteiger charge is -2.19. The predicted molar refractivity (Wildman–Crippen MR) is 120 cm³/mol. The van der Waals surface area contributed by atoms with Gasteiger partial charge in [0.15, 0.2) is 0 Å². The minimum Gasteiger partial charge on any atom is -0.508 e. The molecule has 0 radical (unpaired) electrons. The monoisotopic (exact) mass is 418 g/mol. The fourth-order valence-corrected chi connectivity index (χ4v) is 2.99. The summed E-state index contributed by atoms with van der Waals surface area (Å²) in [6.45, 7) is 13.2. The van der Waals surface area contributed by atoms with E-state index in [0.29, 0.717) is 28.7 Å². The van der Waals surface area contributed by atoms with Crippen LogP contribution in [0.2, 0.25) is 0 Å². The molecule has 2 aromatic rings. The molecule has 30 heavy (non-hydrogen) atoms. The Morgan fingerprint density at radius 2 is 1.47 bits per heavy atom. The summed E-state index contributed by atoms with van der Waals surface area (Å²) < 4.78 is 42.0. The molecule has 1 nitrogen and oxygen atoms in total.